The van der Waals surface area contributed by atoms with E-state index in [1.165, 1.54) is 18.2 Å². The van der Waals surface area contributed by atoms with Gasteiger partial charge in [-0.05, 0) is 12.1 Å². The van der Waals surface area contributed by atoms with Crippen molar-refractivity contribution in [1.82, 2.24) is 5.32 Å². The molecule has 16 heavy (non-hydrogen) atoms. The van der Waals surface area contributed by atoms with Gasteiger partial charge in [-0.25, -0.2) is 9.59 Å². The predicted molar refractivity (Wildman–Crippen MR) is 60.6 cm³/mol. The molecule has 1 aromatic carbocycles. The van der Waals surface area contributed by atoms with Gasteiger partial charge < -0.3 is 15.7 Å². The molecule has 0 aliphatic heterocycles. The summed E-state index contributed by atoms with van der Waals surface area (Å²) in [5.41, 5.74) is 0.313. The molecule has 0 radical (unpaired) electrons. The lowest BCUT2D eigenvalue weighted by molar-refractivity contribution is 0.0698. The highest BCUT2D eigenvalue weighted by molar-refractivity contribution is 5.99. The maximum atomic E-state index is 11.3. The van der Waals surface area contributed by atoms with E-state index in [-0.39, 0.29) is 11.3 Å². The molecular formula is C11H12N2O3. The molecule has 0 aliphatic carbocycles. The summed E-state index contributed by atoms with van der Waals surface area (Å²) in [6.07, 6.45) is 1.53. The van der Waals surface area contributed by atoms with Crippen LogP contribution in [0.3, 0.4) is 0 Å². The average molecular weight is 220 g/mol. The summed E-state index contributed by atoms with van der Waals surface area (Å²) in [7, 11) is 0. The van der Waals surface area contributed by atoms with Crippen molar-refractivity contribution in [2.24, 2.45) is 0 Å². The molecule has 0 aliphatic rings. The number of anilines is 1. The van der Waals surface area contributed by atoms with Crippen LogP contribution in [0.25, 0.3) is 0 Å². The quantitative estimate of drug-likeness (QED) is 0.675. The van der Waals surface area contributed by atoms with Crippen molar-refractivity contribution in [1.29, 1.82) is 0 Å². The van der Waals surface area contributed by atoms with Gasteiger partial charge in [-0.2, -0.15) is 0 Å². The van der Waals surface area contributed by atoms with Crippen molar-refractivity contribution in [3.63, 3.8) is 0 Å². The van der Waals surface area contributed by atoms with Crippen molar-refractivity contribution in [2.75, 3.05) is 11.9 Å². The highest BCUT2D eigenvalue weighted by Crippen LogP contribution is 2.14. The topological polar surface area (TPSA) is 78.4 Å². The Morgan fingerprint density at radius 2 is 2.06 bits per heavy atom. The summed E-state index contributed by atoms with van der Waals surface area (Å²) >= 11 is 0. The lowest BCUT2D eigenvalue weighted by atomic mass is 10.2. The molecule has 84 valence electrons. The van der Waals surface area contributed by atoms with Crippen molar-refractivity contribution in [3.8, 4) is 0 Å². The highest BCUT2D eigenvalue weighted by atomic mass is 16.4. The molecule has 0 heterocycles. The lowest BCUT2D eigenvalue weighted by Crippen LogP contribution is -2.29. The van der Waals surface area contributed by atoms with E-state index in [0.717, 1.165) is 0 Å². The Morgan fingerprint density at radius 3 is 2.69 bits per heavy atom. The summed E-state index contributed by atoms with van der Waals surface area (Å²) in [5.74, 6) is -1.08. The van der Waals surface area contributed by atoms with Gasteiger partial charge in [0.15, 0.2) is 0 Å². The van der Waals surface area contributed by atoms with E-state index in [1.54, 1.807) is 12.1 Å². The molecule has 5 heteroatoms. The fraction of sp³-hybridized carbons (Fsp3) is 0.0909. The monoisotopic (exact) mass is 220 g/mol. The van der Waals surface area contributed by atoms with E-state index in [0.29, 0.717) is 6.54 Å². The maximum Gasteiger partial charge on any atom is 0.337 e. The van der Waals surface area contributed by atoms with Crippen molar-refractivity contribution >= 4 is 17.7 Å². The Balaban J connectivity index is 2.76. The molecule has 0 spiro atoms. The molecule has 1 aromatic rings. The van der Waals surface area contributed by atoms with Crippen LogP contribution in [0.2, 0.25) is 0 Å². The number of amides is 2. The zero-order valence-electron chi connectivity index (χ0n) is 8.56. The molecule has 0 bridgehead atoms. The number of urea groups is 1. The van der Waals surface area contributed by atoms with Gasteiger partial charge in [0.05, 0.1) is 11.3 Å². The van der Waals surface area contributed by atoms with E-state index >= 15 is 0 Å². The van der Waals surface area contributed by atoms with Crippen LogP contribution < -0.4 is 10.6 Å². The predicted octanol–water partition coefficient (Wildman–Crippen LogP) is 1.69. The first-order chi connectivity index (χ1) is 7.65. The van der Waals surface area contributed by atoms with Gasteiger partial charge in [0, 0.05) is 6.54 Å². The molecule has 1 rings (SSSR count). The number of hydrogen-bond acceptors (Lipinski definition) is 2. The van der Waals surface area contributed by atoms with E-state index in [9.17, 15) is 9.59 Å². The second-order valence-corrected chi connectivity index (χ2v) is 2.97. The van der Waals surface area contributed by atoms with Crippen molar-refractivity contribution < 1.29 is 14.7 Å². The van der Waals surface area contributed by atoms with Crippen LogP contribution in [-0.2, 0) is 0 Å². The van der Waals surface area contributed by atoms with Crippen LogP contribution in [-0.4, -0.2) is 23.7 Å². The summed E-state index contributed by atoms with van der Waals surface area (Å²) in [4.78, 5) is 22.1. The Morgan fingerprint density at radius 1 is 1.38 bits per heavy atom. The minimum atomic E-state index is -1.08. The van der Waals surface area contributed by atoms with Crippen LogP contribution in [0, 0.1) is 0 Å². The van der Waals surface area contributed by atoms with Crippen LogP contribution in [0.5, 0.6) is 0 Å². The van der Waals surface area contributed by atoms with Crippen LogP contribution in [0.4, 0.5) is 10.5 Å². The number of benzene rings is 1. The minimum absolute atomic E-state index is 0.0521. The summed E-state index contributed by atoms with van der Waals surface area (Å²) < 4.78 is 0. The van der Waals surface area contributed by atoms with Gasteiger partial charge in [-0.1, -0.05) is 18.2 Å². The number of carboxylic acids is 1. The number of carbonyl (C=O) groups is 2. The number of hydrogen-bond donors (Lipinski definition) is 3. The van der Waals surface area contributed by atoms with Gasteiger partial charge in [0.2, 0.25) is 0 Å². The molecule has 0 saturated heterocycles. The summed E-state index contributed by atoms with van der Waals surface area (Å²) in [6, 6.07) is 5.72. The average Bonchev–Trinajstić information content (AvgIpc) is 2.27. The number of aromatic carboxylic acids is 1. The lowest BCUT2D eigenvalue weighted by Gasteiger charge is -2.08. The van der Waals surface area contributed by atoms with E-state index in [4.69, 9.17) is 5.11 Å². The minimum Gasteiger partial charge on any atom is -0.478 e. The third-order valence-corrected chi connectivity index (χ3v) is 1.81. The SMILES string of the molecule is C=CCNC(=O)Nc1ccccc1C(=O)O. The van der Waals surface area contributed by atoms with E-state index < -0.39 is 12.0 Å². The molecule has 0 fully saturated rings. The van der Waals surface area contributed by atoms with E-state index in [2.05, 4.69) is 17.2 Å². The molecule has 2 amide bonds. The normalized spacial score (nSPS) is 9.25. The Bertz CT molecular complexity index is 415. The largest absolute Gasteiger partial charge is 0.478 e. The zero-order valence-corrected chi connectivity index (χ0v) is 8.56. The fourth-order valence-electron chi connectivity index (χ4n) is 1.11. The summed E-state index contributed by atoms with van der Waals surface area (Å²) in [5, 5.41) is 13.8. The van der Waals surface area contributed by atoms with Gasteiger partial charge in [0.25, 0.3) is 0 Å². The number of nitrogens with one attached hydrogen (secondary N) is 2. The standard InChI is InChI=1S/C11H12N2O3/c1-2-7-12-11(16)13-9-6-4-3-5-8(9)10(14)15/h2-6H,1,7H2,(H,14,15)(H2,12,13,16). The van der Waals surface area contributed by atoms with E-state index in [1.807, 2.05) is 0 Å². The van der Waals surface area contributed by atoms with Gasteiger partial charge in [-0.3, -0.25) is 0 Å². The third kappa shape index (κ3) is 3.13. The number of carboxylic acid groups (broad SMARTS) is 1. The van der Waals surface area contributed by atoms with Gasteiger partial charge in [-0.15, -0.1) is 6.58 Å². The maximum absolute atomic E-state index is 11.3. The molecule has 0 unspecified atom stereocenters. The Kier molecular flexibility index (Phi) is 4.08. The second-order valence-electron chi connectivity index (χ2n) is 2.97. The number of para-hydroxylation sites is 1. The number of carbonyl (C=O) groups excluding carboxylic acids is 1. The van der Waals surface area contributed by atoms with Gasteiger partial charge in [0.1, 0.15) is 0 Å². The molecule has 0 atom stereocenters. The zero-order chi connectivity index (χ0) is 12.0. The number of rotatable bonds is 4. The molecular weight excluding hydrogens is 208 g/mol. The van der Waals surface area contributed by atoms with Crippen LogP contribution >= 0.6 is 0 Å². The molecule has 3 N–H and O–H groups in total. The molecule has 0 saturated carbocycles. The Labute approximate surface area is 92.8 Å². The molecule has 0 aromatic heterocycles. The van der Waals surface area contributed by atoms with Crippen molar-refractivity contribution in [3.05, 3.63) is 42.5 Å². The first-order valence-corrected chi connectivity index (χ1v) is 4.63. The Hall–Kier alpha value is -2.30. The highest BCUT2D eigenvalue weighted by Gasteiger charge is 2.10. The molecule has 5 nitrogen and oxygen atoms in total. The smallest absolute Gasteiger partial charge is 0.337 e. The van der Waals surface area contributed by atoms with Crippen LogP contribution in [0.1, 0.15) is 10.4 Å². The fourth-order valence-corrected chi connectivity index (χ4v) is 1.11. The van der Waals surface area contributed by atoms with Crippen molar-refractivity contribution in [2.45, 2.75) is 0 Å². The van der Waals surface area contributed by atoms with Crippen LogP contribution in [0.15, 0.2) is 36.9 Å². The van der Waals surface area contributed by atoms with Gasteiger partial charge >= 0.3 is 12.0 Å². The second kappa shape index (κ2) is 5.55. The first-order valence-electron chi connectivity index (χ1n) is 4.63. The summed E-state index contributed by atoms with van der Waals surface area (Å²) in [6.45, 7) is 3.77. The third-order valence-electron chi connectivity index (χ3n) is 1.81. The first kappa shape index (κ1) is 11.8.